The molecule has 0 bridgehead atoms. The molecule has 1 N–H and O–H groups in total. The second-order valence-corrected chi connectivity index (χ2v) is 8.37. The monoisotopic (exact) mass is 434 g/mol. The minimum absolute atomic E-state index is 0.148. The third-order valence-corrected chi connectivity index (χ3v) is 6.22. The van der Waals surface area contributed by atoms with Crippen molar-refractivity contribution in [3.63, 3.8) is 0 Å². The summed E-state index contributed by atoms with van der Waals surface area (Å²) in [4.78, 5) is 15.8. The molecular weight excluding hydrogens is 408 g/mol. The van der Waals surface area contributed by atoms with Gasteiger partial charge in [0.05, 0.1) is 19.9 Å². The number of carbonyl (C=O) groups excluding carboxylic acids is 1. The summed E-state index contributed by atoms with van der Waals surface area (Å²) in [5, 5.41) is 4.08. The van der Waals surface area contributed by atoms with Crippen molar-refractivity contribution in [2.24, 2.45) is 0 Å². The number of halogens is 1. The highest BCUT2D eigenvalue weighted by atomic mass is 35.5. The fraction of sp³-hybridized carbons (Fsp3) is 0.409. The second kappa shape index (κ2) is 10.8. The fourth-order valence-electron chi connectivity index (χ4n) is 3.33. The molecule has 1 aliphatic heterocycles. The van der Waals surface area contributed by atoms with Crippen molar-refractivity contribution in [1.29, 1.82) is 0 Å². The molecule has 0 radical (unpaired) electrons. The minimum Gasteiger partial charge on any atom is -0.493 e. The predicted molar refractivity (Wildman–Crippen MR) is 120 cm³/mol. The van der Waals surface area contributed by atoms with Crippen LogP contribution in [-0.4, -0.2) is 45.5 Å². The maximum absolute atomic E-state index is 12.8. The number of hydrogen-bond donors (Lipinski definition) is 1. The van der Waals surface area contributed by atoms with E-state index in [1.807, 2.05) is 41.3 Å². The van der Waals surface area contributed by atoms with Gasteiger partial charge in [-0.3, -0.25) is 4.79 Å². The number of rotatable bonds is 8. The molecular formula is C22H27ClN2O3S. The number of ether oxygens (including phenoxy) is 2. The molecule has 5 nitrogen and oxygen atoms in total. The molecule has 3 rings (SSSR count). The first kappa shape index (κ1) is 21.8. The van der Waals surface area contributed by atoms with Gasteiger partial charge in [0, 0.05) is 29.4 Å². The van der Waals surface area contributed by atoms with E-state index in [1.54, 1.807) is 26.0 Å². The van der Waals surface area contributed by atoms with Crippen molar-refractivity contribution in [2.45, 2.75) is 24.2 Å². The Morgan fingerprint density at radius 2 is 1.97 bits per heavy atom. The Hall–Kier alpha value is -1.89. The number of fused-ring (bicyclic) bond motifs is 1. The van der Waals surface area contributed by atoms with E-state index in [0.717, 1.165) is 59.3 Å². The van der Waals surface area contributed by atoms with Gasteiger partial charge in [-0.15, -0.1) is 11.8 Å². The van der Waals surface area contributed by atoms with Crippen molar-refractivity contribution in [3.8, 4) is 11.5 Å². The van der Waals surface area contributed by atoms with Crippen LogP contribution in [0.5, 0.6) is 11.5 Å². The highest BCUT2D eigenvalue weighted by Crippen LogP contribution is 2.36. The molecule has 0 spiro atoms. The molecule has 0 aliphatic carbocycles. The van der Waals surface area contributed by atoms with Gasteiger partial charge in [-0.2, -0.15) is 0 Å². The van der Waals surface area contributed by atoms with Gasteiger partial charge in [0.15, 0.2) is 11.5 Å². The number of anilines is 1. The number of thioether (sulfide) groups is 1. The van der Waals surface area contributed by atoms with Crippen molar-refractivity contribution < 1.29 is 14.3 Å². The zero-order chi connectivity index (χ0) is 20.6. The third kappa shape index (κ3) is 5.81. The molecule has 0 atom stereocenters. The average Bonchev–Trinajstić information content (AvgIpc) is 2.95. The molecule has 156 valence electrons. The molecule has 0 fully saturated rings. The topological polar surface area (TPSA) is 50.8 Å². The van der Waals surface area contributed by atoms with Crippen LogP contribution in [0.2, 0.25) is 5.02 Å². The smallest absolute Gasteiger partial charge is 0.228 e. The van der Waals surface area contributed by atoms with Crippen LogP contribution >= 0.6 is 23.4 Å². The molecule has 1 heterocycles. The van der Waals surface area contributed by atoms with Crippen LogP contribution in [0.4, 0.5) is 5.69 Å². The Morgan fingerprint density at radius 3 is 2.76 bits per heavy atom. The van der Waals surface area contributed by atoms with Gasteiger partial charge >= 0.3 is 0 Å². The van der Waals surface area contributed by atoms with Crippen LogP contribution in [0.3, 0.4) is 0 Å². The predicted octanol–water partition coefficient (Wildman–Crippen LogP) is 4.41. The van der Waals surface area contributed by atoms with Crippen LogP contribution in [0.1, 0.15) is 18.4 Å². The van der Waals surface area contributed by atoms with Gasteiger partial charge in [0.2, 0.25) is 5.91 Å². The van der Waals surface area contributed by atoms with Gasteiger partial charge in [0.25, 0.3) is 0 Å². The zero-order valence-corrected chi connectivity index (χ0v) is 18.4. The van der Waals surface area contributed by atoms with Gasteiger partial charge in [-0.1, -0.05) is 17.7 Å². The van der Waals surface area contributed by atoms with Gasteiger partial charge in [0.1, 0.15) is 0 Å². The molecule has 1 aliphatic rings. The summed E-state index contributed by atoms with van der Waals surface area (Å²) in [6, 6.07) is 11.7. The van der Waals surface area contributed by atoms with Crippen LogP contribution in [0.15, 0.2) is 41.3 Å². The Balaban J connectivity index is 1.48. The highest BCUT2D eigenvalue weighted by Gasteiger charge is 2.21. The lowest BCUT2D eigenvalue weighted by Crippen LogP contribution is -2.34. The number of benzene rings is 2. The summed E-state index contributed by atoms with van der Waals surface area (Å²) >= 11 is 7.89. The molecule has 0 unspecified atom stereocenters. The van der Waals surface area contributed by atoms with Crippen molar-refractivity contribution in [3.05, 3.63) is 47.0 Å². The van der Waals surface area contributed by atoms with Crippen LogP contribution < -0.4 is 19.7 Å². The van der Waals surface area contributed by atoms with E-state index in [2.05, 4.69) is 5.32 Å². The number of carbonyl (C=O) groups is 1. The van der Waals surface area contributed by atoms with E-state index in [1.165, 1.54) is 0 Å². The SMILES string of the molecule is COc1ccc(CCNCCC(=O)N2CCCSc3cc(Cl)ccc32)cc1OC. The lowest BCUT2D eigenvalue weighted by atomic mass is 10.1. The quantitative estimate of drug-likeness (QED) is 0.624. The van der Waals surface area contributed by atoms with E-state index in [0.29, 0.717) is 18.0 Å². The van der Waals surface area contributed by atoms with E-state index >= 15 is 0 Å². The van der Waals surface area contributed by atoms with Crippen molar-refractivity contribution in [2.75, 3.05) is 44.5 Å². The lowest BCUT2D eigenvalue weighted by molar-refractivity contribution is -0.118. The molecule has 0 saturated carbocycles. The van der Waals surface area contributed by atoms with E-state index in [4.69, 9.17) is 21.1 Å². The van der Waals surface area contributed by atoms with Crippen LogP contribution in [0, 0.1) is 0 Å². The van der Waals surface area contributed by atoms with Crippen LogP contribution in [0.25, 0.3) is 0 Å². The summed E-state index contributed by atoms with van der Waals surface area (Å²) in [6.45, 7) is 2.20. The molecule has 29 heavy (non-hydrogen) atoms. The average molecular weight is 435 g/mol. The van der Waals surface area contributed by atoms with Crippen molar-refractivity contribution in [1.82, 2.24) is 5.32 Å². The Kier molecular flexibility index (Phi) is 8.09. The fourth-order valence-corrected chi connectivity index (χ4v) is 4.60. The summed E-state index contributed by atoms with van der Waals surface area (Å²) in [5.74, 6) is 2.61. The van der Waals surface area contributed by atoms with Crippen molar-refractivity contribution >= 4 is 35.0 Å². The van der Waals surface area contributed by atoms with E-state index in [9.17, 15) is 4.79 Å². The Labute approximate surface area is 181 Å². The molecule has 7 heteroatoms. The number of nitrogens with one attached hydrogen (secondary N) is 1. The number of nitrogens with zero attached hydrogens (tertiary/aromatic N) is 1. The minimum atomic E-state index is 0.148. The number of amides is 1. The maximum Gasteiger partial charge on any atom is 0.228 e. The Bertz CT molecular complexity index is 847. The largest absolute Gasteiger partial charge is 0.493 e. The molecule has 0 aromatic heterocycles. The third-order valence-electron chi connectivity index (χ3n) is 4.85. The molecule has 0 saturated heterocycles. The van der Waals surface area contributed by atoms with E-state index < -0.39 is 0 Å². The van der Waals surface area contributed by atoms with Crippen LogP contribution in [-0.2, 0) is 11.2 Å². The number of methoxy groups -OCH3 is 2. The summed E-state index contributed by atoms with van der Waals surface area (Å²) in [6.07, 6.45) is 2.31. The summed E-state index contributed by atoms with van der Waals surface area (Å²) in [7, 11) is 3.27. The molecule has 2 aromatic carbocycles. The first-order valence-electron chi connectivity index (χ1n) is 9.76. The summed E-state index contributed by atoms with van der Waals surface area (Å²) < 4.78 is 10.6. The first-order chi connectivity index (χ1) is 14.1. The maximum atomic E-state index is 12.8. The number of hydrogen-bond acceptors (Lipinski definition) is 5. The molecule has 1 amide bonds. The van der Waals surface area contributed by atoms with E-state index in [-0.39, 0.29) is 5.91 Å². The van der Waals surface area contributed by atoms with Gasteiger partial charge < -0.3 is 19.7 Å². The zero-order valence-electron chi connectivity index (χ0n) is 16.9. The van der Waals surface area contributed by atoms with Gasteiger partial charge in [-0.25, -0.2) is 0 Å². The highest BCUT2D eigenvalue weighted by molar-refractivity contribution is 7.99. The lowest BCUT2D eigenvalue weighted by Gasteiger charge is -2.22. The Morgan fingerprint density at radius 1 is 1.14 bits per heavy atom. The summed E-state index contributed by atoms with van der Waals surface area (Å²) in [5.41, 5.74) is 2.14. The first-order valence-corrected chi connectivity index (χ1v) is 11.1. The standard InChI is InChI=1S/C22H27ClN2O3S/c1-27-19-7-4-16(14-20(19)28-2)8-10-24-11-9-22(26)25-12-3-13-29-21-15-17(23)5-6-18(21)25/h4-7,14-15,24H,3,8-13H2,1-2H3. The van der Waals surface area contributed by atoms with Gasteiger partial charge in [-0.05, 0) is 61.0 Å². The normalized spacial score (nSPS) is 13.6. The second-order valence-electron chi connectivity index (χ2n) is 6.80. The molecule has 2 aromatic rings.